The molecule has 0 saturated carbocycles. The van der Waals surface area contributed by atoms with Crippen LogP contribution < -0.4 is 4.74 Å². The fraction of sp³-hybridized carbons (Fsp3) is 0.158. The average molecular weight is 306 g/mol. The van der Waals surface area contributed by atoms with Gasteiger partial charge in [-0.25, -0.2) is 0 Å². The molecular weight excluding hydrogens is 288 g/mol. The fourth-order valence-electron chi connectivity index (χ4n) is 2.55. The van der Waals surface area contributed by atoms with Crippen molar-refractivity contribution in [1.29, 1.82) is 0 Å². The number of hydrogen-bond donors (Lipinski definition) is 0. The number of nitrogens with zero attached hydrogens (tertiary/aromatic N) is 2. The van der Waals surface area contributed by atoms with Crippen molar-refractivity contribution in [2.45, 2.75) is 6.54 Å². The molecular formula is C19H18N2O2. The lowest BCUT2D eigenvalue weighted by atomic mass is 10.1. The molecule has 1 amide bonds. The van der Waals surface area contributed by atoms with Crippen LogP contribution >= 0.6 is 0 Å². The van der Waals surface area contributed by atoms with Crippen LogP contribution in [-0.4, -0.2) is 29.9 Å². The summed E-state index contributed by atoms with van der Waals surface area (Å²) in [6, 6.07) is 15.7. The molecule has 0 aliphatic rings. The summed E-state index contributed by atoms with van der Waals surface area (Å²) in [5, 5.41) is 2.25. The third-order valence-corrected chi connectivity index (χ3v) is 3.79. The Kier molecular flexibility index (Phi) is 4.24. The van der Waals surface area contributed by atoms with Crippen LogP contribution in [-0.2, 0) is 6.54 Å². The van der Waals surface area contributed by atoms with Crippen molar-refractivity contribution in [2.75, 3.05) is 14.2 Å². The zero-order chi connectivity index (χ0) is 16.2. The van der Waals surface area contributed by atoms with E-state index in [1.54, 1.807) is 43.6 Å². The quantitative estimate of drug-likeness (QED) is 0.740. The highest BCUT2D eigenvalue weighted by molar-refractivity contribution is 5.93. The summed E-state index contributed by atoms with van der Waals surface area (Å²) in [6.07, 6.45) is 3.25. The number of pyridine rings is 1. The van der Waals surface area contributed by atoms with Crippen LogP contribution in [0.2, 0.25) is 0 Å². The number of aromatic nitrogens is 1. The maximum absolute atomic E-state index is 12.4. The molecule has 0 fully saturated rings. The monoisotopic (exact) mass is 306 g/mol. The van der Waals surface area contributed by atoms with E-state index < -0.39 is 0 Å². The second kappa shape index (κ2) is 6.48. The van der Waals surface area contributed by atoms with Gasteiger partial charge in [-0.3, -0.25) is 9.78 Å². The predicted molar refractivity (Wildman–Crippen MR) is 90.5 cm³/mol. The summed E-state index contributed by atoms with van der Waals surface area (Å²) in [7, 11) is 3.46. The number of fused-ring (bicyclic) bond motifs is 1. The lowest BCUT2D eigenvalue weighted by molar-refractivity contribution is 0.0784. The number of amides is 1. The fourth-order valence-corrected chi connectivity index (χ4v) is 2.55. The summed E-state index contributed by atoms with van der Waals surface area (Å²) >= 11 is 0. The van der Waals surface area contributed by atoms with Crippen LogP contribution in [0, 0.1) is 0 Å². The summed E-state index contributed by atoms with van der Waals surface area (Å²) in [4.78, 5) is 18.1. The van der Waals surface area contributed by atoms with E-state index >= 15 is 0 Å². The van der Waals surface area contributed by atoms with Crippen molar-refractivity contribution >= 4 is 16.7 Å². The van der Waals surface area contributed by atoms with E-state index in [9.17, 15) is 4.79 Å². The molecule has 3 rings (SSSR count). The van der Waals surface area contributed by atoms with Crippen LogP contribution in [0.1, 0.15) is 15.9 Å². The van der Waals surface area contributed by atoms with E-state index in [4.69, 9.17) is 4.74 Å². The largest absolute Gasteiger partial charge is 0.497 e. The Morgan fingerprint density at radius 2 is 1.91 bits per heavy atom. The van der Waals surface area contributed by atoms with Gasteiger partial charge in [-0.05, 0) is 46.7 Å². The molecule has 0 atom stereocenters. The molecule has 1 aromatic heterocycles. The molecule has 116 valence electrons. The Balaban J connectivity index is 1.79. The summed E-state index contributed by atoms with van der Waals surface area (Å²) in [5.74, 6) is 0.807. The smallest absolute Gasteiger partial charge is 0.255 e. The lowest BCUT2D eigenvalue weighted by Gasteiger charge is -2.17. The number of ether oxygens (including phenoxy) is 1. The van der Waals surface area contributed by atoms with E-state index in [1.165, 1.54) is 0 Å². The van der Waals surface area contributed by atoms with Gasteiger partial charge < -0.3 is 9.64 Å². The van der Waals surface area contributed by atoms with Crippen molar-refractivity contribution in [1.82, 2.24) is 9.88 Å². The molecule has 4 heteroatoms. The third kappa shape index (κ3) is 3.31. The molecule has 0 N–H and O–H groups in total. The SMILES string of the molecule is COc1ccc2cc(CN(C)C(=O)c3cccnc3)ccc2c1. The summed E-state index contributed by atoms with van der Waals surface area (Å²) < 4.78 is 5.24. The summed E-state index contributed by atoms with van der Waals surface area (Å²) in [5.41, 5.74) is 1.68. The Hall–Kier alpha value is -2.88. The molecule has 0 radical (unpaired) electrons. The molecule has 0 aliphatic carbocycles. The Morgan fingerprint density at radius 1 is 1.13 bits per heavy atom. The van der Waals surface area contributed by atoms with Crippen molar-refractivity contribution in [3.8, 4) is 5.75 Å². The van der Waals surface area contributed by atoms with Gasteiger partial charge in [-0.1, -0.05) is 18.2 Å². The van der Waals surface area contributed by atoms with Crippen molar-refractivity contribution < 1.29 is 9.53 Å². The number of methoxy groups -OCH3 is 1. The van der Waals surface area contributed by atoms with Gasteiger partial charge in [0, 0.05) is 26.0 Å². The van der Waals surface area contributed by atoms with Gasteiger partial charge in [0.2, 0.25) is 0 Å². The van der Waals surface area contributed by atoms with Crippen LogP contribution in [0.5, 0.6) is 5.75 Å². The minimum absolute atomic E-state index is 0.0343. The first-order valence-electron chi connectivity index (χ1n) is 7.39. The van der Waals surface area contributed by atoms with Crippen molar-refractivity contribution in [3.05, 3.63) is 72.1 Å². The third-order valence-electron chi connectivity index (χ3n) is 3.79. The second-order valence-corrected chi connectivity index (χ2v) is 5.45. The van der Waals surface area contributed by atoms with E-state index in [0.717, 1.165) is 22.1 Å². The van der Waals surface area contributed by atoms with Gasteiger partial charge in [0.1, 0.15) is 5.75 Å². The van der Waals surface area contributed by atoms with Crippen LogP contribution in [0.25, 0.3) is 10.8 Å². The highest BCUT2D eigenvalue weighted by atomic mass is 16.5. The minimum Gasteiger partial charge on any atom is -0.497 e. The lowest BCUT2D eigenvalue weighted by Crippen LogP contribution is -2.26. The molecule has 2 aromatic carbocycles. The molecule has 0 spiro atoms. The molecule has 0 saturated heterocycles. The number of carbonyl (C=O) groups is 1. The maximum Gasteiger partial charge on any atom is 0.255 e. The topological polar surface area (TPSA) is 42.4 Å². The van der Waals surface area contributed by atoms with Gasteiger partial charge >= 0.3 is 0 Å². The first-order chi connectivity index (χ1) is 11.2. The number of carbonyl (C=O) groups excluding carboxylic acids is 1. The number of benzene rings is 2. The first kappa shape index (κ1) is 15.0. The Labute approximate surface area is 135 Å². The molecule has 0 aliphatic heterocycles. The molecule has 23 heavy (non-hydrogen) atoms. The van der Waals surface area contributed by atoms with Crippen LogP contribution in [0.15, 0.2) is 60.9 Å². The van der Waals surface area contributed by atoms with Gasteiger partial charge in [-0.2, -0.15) is 0 Å². The van der Waals surface area contributed by atoms with Gasteiger partial charge in [0.25, 0.3) is 5.91 Å². The van der Waals surface area contributed by atoms with Gasteiger partial charge in [-0.15, -0.1) is 0 Å². The zero-order valence-corrected chi connectivity index (χ0v) is 13.2. The van der Waals surface area contributed by atoms with Crippen LogP contribution in [0.4, 0.5) is 0 Å². The normalized spacial score (nSPS) is 10.5. The van der Waals surface area contributed by atoms with Crippen molar-refractivity contribution in [2.24, 2.45) is 0 Å². The molecule has 0 unspecified atom stereocenters. The zero-order valence-electron chi connectivity index (χ0n) is 13.2. The van der Waals surface area contributed by atoms with Crippen molar-refractivity contribution in [3.63, 3.8) is 0 Å². The molecule has 0 bridgehead atoms. The van der Waals surface area contributed by atoms with E-state index in [2.05, 4.69) is 17.1 Å². The Morgan fingerprint density at radius 3 is 2.65 bits per heavy atom. The van der Waals surface area contributed by atoms with E-state index in [-0.39, 0.29) is 5.91 Å². The second-order valence-electron chi connectivity index (χ2n) is 5.45. The molecule has 3 aromatic rings. The van der Waals surface area contributed by atoms with Gasteiger partial charge in [0.05, 0.1) is 12.7 Å². The Bertz CT molecular complexity index is 831. The standard InChI is InChI=1S/C19H18N2O2/c1-21(19(22)17-4-3-9-20-12-17)13-14-5-6-16-11-18(23-2)8-7-15(16)10-14/h3-12H,13H2,1-2H3. The summed E-state index contributed by atoms with van der Waals surface area (Å²) in [6.45, 7) is 0.551. The number of rotatable bonds is 4. The minimum atomic E-state index is -0.0343. The van der Waals surface area contributed by atoms with Gasteiger partial charge in [0.15, 0.2) is 0 Å². The maximum atomic E-state index is 12.4. The first-order valence-corrected chi connectivity index (χ1v) is 7.39. The number of hydrogen-bond acceptors (Lipinski definition) is 3. The average Bonchev–Trinajstić information content (AvgIpc) is 2.61. The highest BCUT2D eigenvalue weighted by Gasteiger charge is 2.12. The molecule has 4 nitrogen and oxygen atoms in total. The highest BCUT2D eigenvalue weighted by Crippen LogP contribution is 2.22. The predicted octanol–water partition coefficient (Wildman–Crippen LogP) is 3.52. The van der Waals surface area contributed by atoms with E-state index in [0.29, 0.717) is 12.1 Å². The van der Waals surface area contributed by atoms with Crippen LogP contribution in [0.3, 0.4) is 0 Å². The van der Waals surface area contributed by atoms with E-state index in [1.807, 2.05) is 24.3 Å². The molecule has 1 heterocycles.